The molecular formula is C11H14FN4NaO7S. The number of hydroxylamine groups is 2. The Bertz CT molecular complexity index is 621. The number of urea groups is 1. The molecule has 0 aromatic heterocycles. The first-order valence-corrected chi connectivity index (χ1v) is 8.14. The van der Waals surface area contributed by atoms with Gasteiger partial charge in [-0.3, -0.25) is 9.00 Å². The van der Waals surface area contributed by atoms with Crippen LogP contribution in [0, 0.1) is 0 Å². The normalized spacial score (nSPS) is 25.3. The largest absolute Gasteiger partial charge is 1.00 e. The van der Waals surface area contributed by atoms with Crippen LogP contribution in [0.3, 0.4) is 0 Å². The second-order valence-corrected chi connectivity index (χ2v) is 6.72. The number of carboxylic acid groups (broad SMARTS) is 1. The second-order valence-electron chi connectivity index (χ2n) is 5.12. The van der Waals surface area contributed by atoms with E-state index in [4.69, 9.17) is 10.9 Å². The van der Waals surface area contributed by atoms with Gasteiger partial charge in [0.15, 0.2) is 5.71 Å². The maximum absolute atomic E-state index is 13.1. The summed E-state index contributed by atoms with van der Waals surface area (Å²) in [5.41, 5.74) is 4.45. The third kappa shape index (κ3) is 4.67. The number of carbonyl (C=O) groups excluding carboxylic acids is 3. The average molecular weight is 388 g/mol. The maximum Gasteiger partial charge on any atom is 1.00 e. The Kier molecular flexibility index (Phi) is 7.74. The first kappa shape index (κ1) is 21.8. The molecule has 3 amide bonds. The topological polar surface area (TPSA) is 166 Å². The molecule has 0 spiro atoms. The third-order valence-corrected chi connectivity index (χ3v) is 5.30. The van der Waals surface area contributed by atoms with Gasteiger partial charge in [-0.1, -0.05) is 5.16 Å². The molecule has 0 aromatic carbocycles. The number of fused-ring (bicyclic) bond motifs is 2. The summed E-state index contributed by atoms with van der Waals surface area (Å²) in [4.78, 5) is 39.1. The van der Waals surface area contributed by atoms with E-state index in [0.29, 0.717) is 5.06 Å². The predicted molar refractivity (Wildman–Crippen MR) is 73.2 cm³/mol. The number of hydrogen-bond donors (Lipinski definition) is 2. The molecule has 4 atom stereocenters. The molecule has 0 aliphatic carbocycles. The van der Waals surface area contributed by atoms with Crippen molar-refractivity contribution in [1.82, 2.24) is 9.96 Å². The minimum Gasteiger partial charge on any atom is -0.544 e. The van der Waals surface area contributed by atoms with E-state index in [1.54, 1.807) is 0 Å². The minimum atomic E-state index is -2.80. The van der Waals surface area contributed by atoms with Gasteiger partial charge in [-0.05, 0) is 12.8 Å². The Balaban J connectivity index is 0.00000312. The zero-order valence-corrected chi connectivity index (χ0v) is 16.0. The molecule has 0 aromatic rings. The molecule has 25 heavy (non-hydrogen) atoms. The molecule has 3 N–H and O–H groups in total. The van der Waals surface area contributed by atoms with Crippen molar-refractivity contribution in [3.63, 3.8) is 0 Å². The van der Waals surface area contributed by atoms with Gasteiger partial charge in [0.25, 0.3) is 12.3 Å². The van der Waals surface area contributed by atoms with E-state index < -0.39 is 57.9 Å². The number of amides is 3. The van der Waals surface area contributed by atoms with E-state index in [2.05, 4.69) is 9.99 Å². The number of rotatable bonds is 7. The molecule has 14 heteroatoms. The van der Waals surface area contributed by atoms with Crippen LogP contribution in [-0.2, 0) is 25.2 Å². The Morgan fingerprint density at radius 1 is 1.52 bits per heavy atom. The molecule has 2 aliphatic heterocycles. The number of piperidine rings is 1. The molecular weight excluding hydrogens is 374 g/mol. The van der Waals surface area contributed by atoms with Crippen molar-refractivity contribution in [2.75, 3.05) is 12.3 Å². The standard InChI is InChI=1S/C11H15FN4O7S.Na/c12-8(10(18)19)23-16-5-1-2-7(15(3-5)11(16)20)24(22)4-6(14-21)9(13)17;/h5,7-8,21H,1-4H2,(H2,13,17)(H,18,19);/q;+1/p-1/b14-6-;/t5-,7-,8+,24-;/m1./s1. The van der Waals surface area contributed by atoms with Crippen molar-refractivity contribution in [3.05, 3.63) is 0 Å². The molecule has 2 bridgehead atoms. The van der Waals surface area contributed by atoms with Crippen molar-refractivity contribution < 1.29 is 67.7 Å². The number of carbonyl (C=O) groups is 3. The van der Waals surface area contributed by atoms with Gasteiger partial charge in [0.05, 0.1) is 22.6 Å². The number of primary amides is 1. The second kappa shape index (κ2) is 8.89. The van der Waals surface area contributed by atoms with Gasteiger partial charge in [0.2, 0.25) is 0 Å². The van der Waals surface area contributed by atoms with E-state index in [-0.39, 0.29) is 48.9 Å². The quantitative estimate of drug-likeness (QED) is 0.190. The number of oxime groups is 1. The van der Waals surface area contributed by atoms with Crippen LogP contribution in [0.2, 0.25) is 0 Å². The fraction of sp³-hybridized carbons (Fsp3) is 0.636. The molecule has 2 rings (SSSR count). The van der Waals surface area contributed by atoms with Crippen LogP contribution < -0.4 is 40.4 Å². The van der Waals surface area contributed by atoms with Crippen LogP contribution >= 0.6 is 0 Å². The van der Waals surface area contributed by atoms with E-state index in [0.717, 1.165) is 4.90 Å². The van der Waals surface area contributed by atoms with Gasteiger partial charge in [0, 0.05) is 6.54 Å². The van der Waals surface area contributed by atoms with Crippen LogP contribution in [-0.4, -0.2) is 73.1 Å². The van der Waals surface area contributed by atoms with Crippen molar-refractivity contribution in [2.24, 2.45) is 10.9 Å². The summed E-state index contributed by atoms with van der Waals surface area (Å²) in [6, 6.07) is -1.44. The van der Waals surface area contributed by atoms with Gasteiger partial charge in [-0.15, -0.1) is 0 Å². The fourth-order valence-corrected chi connectivity index (χ4v) is 4.05. The van der Waals surface area contributed by atoms with E-state index in [1.165, 1.54) is 0 Å². The predicted octanol–water partition coefficient (Wildman–Crippen LogP) is -5.74. The average Bonchev–Trinajstić information content (AvgIpc) is 2.76. The number of aliphatic carboxylic acids is 1. The number of hydrogen-bond acceptors (Lipinski definition) is 8. The smallest absolute Gasteiger partial charge is 0.544 e. The van der Waals surface area contributed by atoms with Gasteiger partial charge >= 0.3 is 35.6 Å². The summed E-state index contributed by atoms with van der Waals surface area (Å²) >= 11 is 0. The summed E-state index contributed by atoms with van der Waals surface area (Å²) < 4.78 is 25.4. The van der Waals surface area contributed by atoms with Crippen molar-refractivity contribution in [1.29, 1.82) is 0 Å². The van der Waals surface area contributed by atoms with Crippen LogP contribution in [0.15, 0.2) is 5.16 Å². The molecule has 0 radical (unpaired) electrons. The van der Waals surface area contributed by atoms with Crippen LogP contribution in [0.5, 0.6) is 0 Å². The molecule has 0 unspecified atom stereocenters. The Morgan fingerprint density at radius 3 is 2.68 bits per heavy atom. The maximum atomic E-state index is 13.1. The zero-order chi connectivity index (χ0) is 18.0. The van der Waals surface area contributed by atoms with Crippen LogP contribution in [0.1, 0.15) is 12.8 Å². The summed E-state index contributed by atoms with van der Waals surface area (Å²) in [6.07, 6.45) is -2.29. The number of halogens is 1. The SMILES string of the molecule is NC(=O)/C(C[S@@](=O)[C@@H]1CC[C@@H]2CN1C(=O)N2O[C@H](F)C(=O)[O-])=N\O.[Na+]. The monoisotopic (exact) mass is 388 g/mol. The minimum absolute atomic E-state index is 0. The summed E-state index contributed by atoms with van der Waals surface area (Å²) in [7, 11) is -1.81. The number of nitrogens with zero attached hydrogens (tertiary/aromatic N) is 3. The van der Waals surface area contributed by atoms with Gasteiger partial charge in [0.1, 0.15) is 11.3 Å². The van der Waals surface area contributed by atoms with Crippen molar-refractivity contribution in [3.8, 4) is 0 Å². The van der Waals surface area contributed by atoms with E-state index >= 15 is 0 Å². The Morgan fingerprint density at radius 2 is 2.16 bits per heavy atom. The summed E-state index contributed by atoms with van der Waals surface area (Å²) in [5.74, 6) is -3.63. The number of nitrogens with two attached hydrogens (primary N) is 1. The van der Waals surface area contributed by atoms with E-state index in [1.807, 2.05) is 0 Å². The van der Waals surface area contributed by atoms with Crippen molar-refractivity contribution in [2.45, 2.75) is 30.6 Å². The summed E-state index contributed by atoms with van der Waals surface area (Å²) in [5, 5.41) is 21.5. The van der Waals surface area contributed by atoms with Gasteiger partial charge in [-0.2, -0.15) is 5.06 Å². The molecule has 0 saturated carbocycles. The molecule has 2 fully saturated rings. The van der Waals surface area contributed by atoms with Crippen molar-refractivity contribution >= 4 is 34.4 Å². The third-order valence-electron chi connectivity index (χ3n) is 3.65. The zero-order valence-electron chi connectivity index (χ0n) is 13.2. The van der Waals surface area contributed by atoms with Crippen LogP contribution in [0.4, 0.5) is 9.18 Å². The van der Waals surface area contributed by atoms with Crippen LogP contribution in [0.25, 0.3) is 0 Å². The Labute approximate surface area is 165 Å². The van der Waals surface area contributed by atoms with Gasteiger partial charge < -0.3 is 25.7 Å². The number of carboxylic acids is 1. The number of alkyl halides is 1. The Hall–Kier alpha value is -1.28. The molecule has 2 heterocycles. The first-order valence-electron chi connectivity index (χ1n) is 6.75. The molecule has 2 aliphatic rings. The summed E-state index contributed by atoms with van der Waals surface area (Å²) in [6.45, 7) is 0.0528. The molecule has 134 valence electrons. The molecule has 2 saturated heterocycles. The fourth-order valence-electron chi connectivity index (χ4n) is 2.53. The van der Waals surface area contributed by atoms with E-state index in [9.17, 15) is 28.1 Å². The molecule has 11 nitrogen and oxygen atoms in total. The van der Waals surface area contributed by atoms with Gasteiger partial charge in [-0.25, -0.2) is 14.0 Å². The first-order chi connectivity index (χ1) is 11.3.